The Bertz CT molecular complexity index is 888. The lowest BCUT2D eigenvalue weighted by Crippen LogP contribution is -2.52. The van der Waals surface area contributed by atoms with Crippen molar-refractivity contribution in [2.45, 2.75) is 6.92 Å². The summed E-state index contributed by atoms with van der Waals surface area (Å²) in [6.45, 7) is 3.24. The molecule has 0 atom stereocenters. The number of carbonyl (C=O) groups excluding carboxylic acids is 1. The lowest BCUT2D eigenvalue weighted by molar-refractivity contribution is -0.120. The zero-order chi connectivity index (χ0) is 17.2. The van der Waals surface area contributed by atoms with Crippen LogP contribution in [-0.2, 0) is 4.79 Å². The Balaban J connectivity index is 1.40. The highest BCUT2D eigenvalue weighted by Gasteiger charge is 2.33. The molecule has 0 bridgehead atoms. The number of anilines is 2. The van der Waals surface area contributed by atoms with Crippen molar-refractivity contribution in [2.75, 3.05) is 23.3 Å². The number of hydrogen-bond donors (Lipinski definition) is 1. The molecule has 1 aromatic carbocycles. The van der Waals surface area contributed by atoms with E-state index in [1.165, 1.54) is 12.7 Å². The molecule has 0 saturated carbocycles. The molecule has 1 amide bonds. The molecule has 126 valence electrons. The summed E-state index contributed by atoms with van der Waals surface area (Å²) in [7, 11) is 0. The molecular formula is C17H17N7O. The minimum absolute atomic E-state index is 0.0381. The minimum Gasteiger partial charge on any atom is -0.355 e. The summed E-state index contributed by atoms with van der Waals surface area (Å²) in [5.41, 5.74) is 1.92. The zero-order valence-corrected chi connectivity index (χ0v) is 13.7. The number of aromatic nitrogens is 5. The van der Waals surface area contributed by atoms with Gasteiger partial charge in [0, 0.05) is 24.8 Å². The Labute approximate surface area is 144 Å². The topological polar surface area (TPSA) is 88.8 Å². The normalized spacial score (nSPS) is 14.2. The van der Waals surface area contributed by atoms with E-state index < -0.39 is 0 Å². The van der Waals surface area contributed by atoms with Crippen LogP contribution in [0.2, 0.25) is 0 Å². The average Bonchev–Trinajstić information content (AvgIpc) is 3.10. The van der Waals surface area contributed by atoms with Gasteiger partial charge in [0.05, 0.1) is 5.92 Å². The first kappa shape index (κ1) is 15.3. The van der Waals surface area contributed by atoms with Crippen LogP contribution >= 0.6 is 0 Å². The van der Waals surface area contributed by atoms with Crippen molar-refractivity contribution < 1.29 is 4.79 Å². The van der Waals surface area contributed by atoms with Crippen LogP contribution in [0.25, 0.3) is 5.82 Å². The highest BCUT2D eigenvalue weighted by Crippen LogP contribution is 2.25. The molecule has 0 spiro atoms. The van der Waals surface area contributed by atoms with Crippen LogP contribution in [0.1, 0.15) is 5.56 Å². The van der Waals surface area contributed by atoms with Crippen LogP contribution < -0.4 is 10.2 Å². The van der Waals surface area contributed by atoms with E-state index in [1.54, 1.807) is 11.0 Å². The molecule has 1 aliphatic heterocycles. The van der Waals surface area contributed by atoms with Crippen molar-refractivity contribution in [3.05, 3.63) is 54.9 Å². The predicted octanol–water partition coefficient (Wildman–Crippen LogP) is 1.44. The summed E-state index contributed by atoms with van der Waals surface area (Å²) in [6.07, 6.45) is 4.53. The van der Waals surface area contributed by atoms with Crippen molar-refractivity contribution in [3.63, 3.8) is 0 Å². The standard InChI is InChI=1S/C17H17N7O/c1-12-4-2-3-5-14(12)22-17(25)13-7-23(8-13)15-6-16(20-10-19-15)24-11-18-9-21-24/h2-6,9-11,13H,7-8H2,1H3,(H,22,25). The molecule has 4 rings (SSSR count). The van der Waals surface area contributed by atoms with Crippen LogP contribution in [0.4, 0.5) is 11.5 Å². The van der Waals surface area contributed by atoms with Crippen molar-refractivity contribution in [3.8, 4) is 5.82 Å². The Hall–Kier alpha value is -3.29. The van der Waals surface area contributed by atoms with Gasteiger partial charge < -0.3 is 10.2 Å². The van der Waals surface area contributed by atoms with E-state index in [0.29, 0.717) is 18.9 Å². The molecule has 0 unspecified atom stereocenters. The molecule has 1 aliphatic rings. The van der Waals surface area contributed by atoms with Gasteiger partial charge in [-0.05, 0) is 18.6 Å². The van der Waals surface area contributed by atoms with E-state index in [9.17, 15) is 4.79 Å². The molecular weight excluding hydrogens is 318 g/mol. The smallest absolute Gasteiger partial charge is 0.231 e. The molecule has 2 aromatic heterocycles. The van der Waals surface area contributed by atoms with Crippen molar-refractivity contribution in [1.29, 1.82) is 0 Å². The van der Waals surface area contributed by atoms with Crippen LogP contribution in [0.5, 0.6) is 0 Å². The summed E-state index contributed by atoms with van der Waals surface area (Å²) in [5.74, 6) is 1.41. The SMILES string of the molecule is Cc1ccccc1NC(=O)C1CN(c2cc(-n3cncn3)ncn2)C1. The largest absolute Gasteiger partial charge is 0.355 e. The van der Waals surface area contributed by atoms with Gasteiger partial charge in [0.2, 0.25) is 5.91 Å². The highest BCUT2D eigenvalue weighted by molar-refractivity contribution is 5.95. The fourth-order valence-corrected chi connectivity index (χ4v) is 2.74. The monoisotopic (exact) mass is 335 g/mol. The highest BCUT2D eigenvalue weighted by atomic mass is 16.2. The van der Waals surface area contributed by atoms with Gasteiger partial charge in [-0.15, -0.1) is 0 Å². The number of para-hydroxylation sites is 1. The van der Waals surface area contributed by atoms with Crippen LogP contribution in [0, 0.1) is 12.8 Å². The van der Waals surface area contributed by atoms with Crippen molar-refractivity contribution in [1.82, 2.24) is 24.7 Å². The number of nitrogens with one attached hydrogen (secondary N) is 1. The number of aryl methyl sites for hydroxylation is 1. The summed E-state index contributed by atoms with van der Waals surface area (Å²) in [6, 6.07) is 9.61. The first-order chi connectivity index (χ1) is 12.2. The van der Waals surface area contributed by atoms with Crippen LogP contribution in [0.15, 0.2) is 49.3 Å². The van der Waals surface area contributed by atoms with Gasteiger partial charge in [-0.3, -0.25) is 4.79 Å². The number of amides is 1. The molecule has 25 heavy (non-hydrogen) atoms. The lowest BCUT2D eigenvalue weighted by atomic mass is 9.99. The van der Waals surface area contributed by atoms with E-state index in [0.717, 1.165) is 17.1 Å². The lowest BCUT2D eigenvalue weighted by Gasteiger charge is -2.39. The molecule has 1 N–H and O–H groups in total. The van der Waals surface area contributed by atoms with Gasteiger partial charge in [0.15, 0.2) is 5.82 Å². The number of rotatable bonds is 4. The quantitative estimate of drug-likeness (QED) is 0.776. The van der Waals surface area contributed by atoms with Gasteiger partial charge in [-0.25, -0.2) is 19.6 Å². The van der Waals surface area contributed by atoms with Crippen LogP contribution in [0.3, 0.4) is 0 Å². The van der Waals surface area contributed by atoms with Gasteiger partial charge in [0.25, 0.3) is 0 Å². The maximum absolute atomic E-state index is 12.4. The minimum atomic E-state index is -0.0515. The van der Waals surface area contributed by atoms with Gasteiger partial charge in [-0.1, -0.05) is 18.2 Å². The second kappa shape index (κ2) is 6.31. The Morgan fingerprint density at radius 1 is 1.16 bits per heavy atom. The van der Waals surface area contributed by atoms with E-state index in [-0.39, 0.29) is 11.8 Å². The summed E-state index contributed by atoms with van der Waals surface area (Å²) in [4.78, 5) is 26.8. The van der Waals surface area contributed by atoms with Gasteiger partial charge in [0.1, 0.15) is 24.8 Å². The fraction of sp³-hybridized carbons (Fsp3) is 0.235. The average molecular weight is 335 g/mol. The third-order valence-electron chi connectivity index (χ3n) is 4.27. The first-order valence-corrected chi connectivity index (χ1v) is 7.99. The third kappa shape index (κ3) is 3.06. The number of benzene rings is 1. The molecule has 8 heteroatoms. The van der Waals surface area contributed by atoms with Gasteiger partial charge in [-0.2, -0.15) is 5.10 Å². The Morgan fingerprint density at radius 3 is 2.72 bits per heavy atom. The number of hydrogen-bond acceptors (Lipinski definition) is 6. The zero-order valence-electron chi connectivity index (χ0n) is 13.7. The maximum atomic E-state index is 12.4. The molecule has 8 nitrogen and oxygen atoms in total. The molecule has 3 heterocycles. The van der Waals surface area contributed by atoms with E-state index in [1.807, 2.05) is 42.2 Å². The second-order valence-corrected chi connectivity index (χ2v) is 5.98. The summed E-state index contributed by atoms with van der Waals surface area (Å²) in [5, 5.41) is 7.06. The van der Waals surface area contributed by atoms with E-state index in [4.69, 9.17) is 0 Å². The fourth-order valence-electron chi connectivity index (χ4n) is 2.74. The van der Waals surface area contributed by atoms with E-state index in [2.05, 4.69) is 25.4 Å². The maximum Gasteiger partial charge on any atom is 0.231 e. The van der Waals surface area contributed by atoms with Gasteiger partial charge >= 0.3 is 0 Å². The number of nitrogens with zero attached hydrogens (tertiary/aromatic N) is 6. The second-order valence-electron chi connectivity index (χ2n) is 5.98. The Morgan fingerprint density at radius 2 is 1.96 bits per heavy atom. The van der Waals surface area contributed by atoms with Crippen molar-refractivity contribution in [2.24, 2.45) is 5.92 Å². The van der Waals surface area contributed by atoms with Crippen LogP contribution in [-0.4, -0.2) is 43.7 Å². The van der Waals surface area contributed by atoms with E-state index >= 15 is 0 Å². The Kier molecular flexibility index (Phi) is 3.85. The third-order valence-corrected chi connectivity index (χ3v) is 4.27. The molecule has 1 saturated heterocycles. The molecule has 0 aliphatic carbocycles. The van der Waals surface area contributed by atoms with Crippen molar-refractivity contribution >= 4 is 17.4 Å². The molecule has 1 fully saturated rings. The molecule has 0 radical (unpaired) electrons. The summed E-state index contributed by atoms with van der Waals surface area (Å²) < 4.78 is 1.58. The summed E-state index contributed by atoms with van der Waals surface area (Å²) >= 11 is 0. The molecule has 3 aromatic rings. The predicted molar refractivity (Wildman–Crippen MR) is 92.5 cm³/mol. The first-order valence-electron chi connectivity index (χ1n) is 7.99. The number of carbonyl (C=O) groups is 1.